The molecule has 4 heteroatoms. The van der Waals surface area contributed by atoms with Gasteiger partial charge in [-0.1, -0.05) is 29.8 Å². The van der Waals surface area contributed by atoms with Crippen LogP contribution in [0.4, 0.5) is 5.69 Å². The molecule has 3 rings (SSSR count). The van der Waals surface area contributed by atoms with Crippen molar-refractivity contribution in [1.29, 1.82) is 0 Å². The van der Waals surface area contributed by atoms with E-state index in [-0.39, 0.29) is 11.8 Å². The van der Waals surface area contributed by atoms with Crippen LogP contribution >= 0.6 is 0 Å². The second-order valence-electron chi connectivity index (χ2n) is 6.51. The fraction of sp³-hybridized carbons (Fsp3) is 0.238. The molecule has 1 saturated carbocycles. The Morgan fingerprint density at radius 1 is 1.04 bits per heavy atom. The van der Waals surface area contributed by atoms with Crippen molar-refractivity contribution in [1.82, 2.24) is 5.32 Å². The second kappa shape index (κ2) is 7.34. The molecule has 0 saturated heterocycles. The fourth-order valence-electron chi connectivity index (χ4n) is 2.54. The van der Waals surface area contributed by atoms with Crippen molar-refractivity contribution in [3.05, 3.63) is 70.8 Å². The van der Waals surface area contributed by atoms with E-state index in [2.05, 4.69) is 10.6 Å². The van der Waals surface area contributed by atoms with Gasteiger partial charge >= 0.3 is 0 Å². The topological polar surface area (TPSA) is 58.2 Å². The van der Waals surface area contributed by atoms with E-state index in [1.807, 2.05) is 44.2 Å². The SMILES string of the molecule is Cc1ccc(NC(=O)/C=C/c2ccc(C(=O)NC3CC3)cc2)c(C)c1. The third kappa shape index (κ3) is 4.80. The molecule has 0 bridgehead atoms. The number of carbonyl (C=O) groups is 2. The number of aryl methyl sites for hydroxylation is 2. The molecule has 0 aromatic heterocycles. The summed E-state index contributed by atoms with van der Waals surface area (Å²) in [6.07, 6.45) is 5.38. The summed E-state index contributed by atoms with van der Waals surface area (Å²) in [7, 11) is 0. The number of nitrogens with one attached hydrogen (secondary N) is 2. The van der Waals surface area contributed by atoms with Gasteiger partial charge in [0.25, 0.3) is 5.91 Å². The third-order valence-corrected chi connectivity index (χ3v) is 4.15. The van der Waals surface area contributed by atoms with Crippen molar-refractivity contribution in [2.24, 2.45) is 0 Å². The monoisotopic (exact) mass is 334 g/mol. The number of carbonyl (C=O) groups excluding carboxylic acids is 2. The summed E-state index contributed by atoms with van der Waals surface area (Å²) in [4.78, 5) is 24.0. The molecule has 0 atom stereocenters. The molecule has 25 heavy (non-hydrogen) atoms. The second-order valence-corrected chi connectivity index (χ2v) is 6.51. The summed E-state index contributed by atoms with van der Waals surface area (Å²) in [5.74, 6) is -0.215. The zero-order chi connectivity index (χ0) is 17.8. The van der Waals surface area contributed by atoms with Gasteiger partial charge in [0, 0.05) is 23.4 Å². The Balaban J connectivity index is 1.58. The predicted molar refractivity (Wildman–Crippen MR) is 101 cm³/mol. The highest BCUT2D eigenvalue weighted by Gasteiger charge is 2.23. The summed E-state index contributed by atoms with van der Waals surface area (Å²) in [6, 6.07) is 13.5. The van der Waals surface area contributed by atoms with Crippen LogP contribution in [0.5, 0.6) is 0 Å². The molecule has 2 aromatic carbocycles. The van der Waals surface area contributed by atoms with Gasteiger partial charge < -0.3 is 10.6 Å². The third-order valence-electron chi connectivity index (χ3n) is 4.15. The minimum Gasteiger partial charge on any atom is -0.349 e. The summed E-state index contributed by atoms with van der Waals surface area (Å²) < 4.78 is 0. The van der Waals surface area contributed by atoms with E-state index in [0.29, 0.717) is 11.6 Å². The van der Waals surface area contributed by atoms with Gasteiger partial charge in [-0.15, -0.1) is 0 Å². The maximum absolute atomic E-state index is 12.1. The van der Waals surface area contributed by atoms with Crippen molar-refractivity contribution < 1.29 is 9.59 Å². The van der Waals surface area contributed by atoms with E-state index in [9.17, 15) is 9.59 Å². The predicted octanol–water partition coefficient (Wildman–Crippen LogP) is 3.85. The highest BCUT2D eigenvalue weighted by molar-refractivity contribution is 6.02. The number of anilines is 1. The van der Waals surface area contributed by atoms with Crippen LogP contribution in [0.3, 0.4) is 0 Å². The Hall–Kier alpha value is -2.88. The molecule has 128 valence electrons. The van der Waals surface area contributed by atoms with Crippen LogP contribution in [-0.2, 0) is 4.79 Å². The Morgan fingerprint density at radius 3 is 2.40 bits per heavy atom. The number of hydrogen-bond acceptors (Lipinski definition) is 2. The molecule has 1 aliphatic rings. The van der Waals surface area contributed by atoms with Crippen LogP contribution in [0.25, 0.3) is 6.08 Å². The van der Waals surface area contributed by atoms with E-state index >= 15 is 0 Å². The highest BCUT2D eigenvalue weighted by atomic mass is 16.2. The van der Waals surface area contributed by atoms with Gasteiger partial charge in [0.2, 0.25) is 5.91 Å². The van der Waals surface area contributed by atoms with Gasteiger partial charge in [-0.05, 0) is 62.1 Å². The van der Waals surface area contributed by atoms with Crippen molar-refractivity contribution >= 4 is 23.6 Å². The molecule has 0 unspecified atom stereocenters. The molecule has 0 heterocycles. The van der Waals surface area contributed by atoms with Crippen LogP contribution in [-0.4, -0.2) is 17.9 Å². The van der Waals surface area contributed by atoms with Crippen LogP contribution < -0.4 is 10.6 Å². The number of rotatable bonds is 5. The van der Waals surface area contributed by atoms with Crippen molar-refractivity contribution in [3.8, 4) is 0 Å². The maximum Gasteiger partial charge on any atom is 0.251 e. The van der Waals surface area contributed by atoms with Gasteiger partial charge in [0.05, 0.1) is 0 Å². The maximum atomic E-state index is 12.1. The first-order valence-corrected chi connectivity index (χ1v) is 8.48. The molecule has 4 nitrogen and oxygen atoms in total. The molecule has 1 fully saturated rings. The van der Waals surface area contributed by atoms with Gasteiger partial charge in [-0.25, -0.2) is 0 Å². The fourth-order valence-corrected chi connectivity index (χ4v) is 2.54. The van der Waals surface area contributed by atoms with Gasteiger partial charge in [0.1, 0.15) is 0 Å². The highest BCUT2D eigenvalue weighted by Crippen LogP contribution is 2.19. The van der Waals surface area contributed by atoms with Crippen molar-refractivity contribution in [2.45, 2.75) is 32.7 Å². The molecule has 0 radical (unpaired) electrons. The smallest absolute Gasteiger partial charge is 0.251 e. The van der Waals surface area contributed by atoms with Crippen LogP contribution in [0.2, 0.25) is 0 Å². The van der Waals surface area contributed by atoms with E-state index in [1.165, 1.54) is 6.08 Å². The minimum atomic E-state index is -0.178. The average Bonchev–Trinajstić information content (AvgIpc) is 3.40. The number of benzene rings is 2. The Kier molecular flexibility index (Phi) is 4.98. The lowest BCUT2D eigenvalue weighted by atomic mass is 10.1. The van der Waals surface area contributed by atoms with Crippen LogP contribution in [0.15, 0.2) is 48.5 Å². The van der Waals surface area contributed by atoms with Gasteiger partial charge in [-0.2, -0.15) is 0 Å². The van der Waals surface area contributed by atoms with E-state index in [0.717, 1.165) is 35.2 Å². The number of hydrogen-bond donors (Lipinski definition) is 2. The van der Waals surface area contributed by atoms with Crippen LogP contribution in [0, 0.1) is 13.8 Å². The van der Waals surface area contributed by atoms with Gasteiger partial charge in [0.15, 0.2) is 0 Å². The summed E-state index contributed by atoms with van der Waals surface area (Å²) in [6.45, 7) is 3.99. The lowest BCUT2D eigenvalue weighted by molar-refractivity contribution is -0.111. The van der Waals surface area contributed by atoms with Gasteiger partial charge in [-0.3, -0.25) is 9.59 Å². The summed E-state index contributed by atoms with van der Waals surface area (Å²) in [5.41, 5.74) is 4.53. The Labute approximate surface area is 148 Å². The Morgan fingerprint density at radius 2 is 1.76 bits per heavy atom. The first-order valence-electron chi connectivity index (χ1n) is 8.48. The molecule has 2 N–H and O–H groups in total. The largest absolute Gasteiger partial charge is 0.349 e. The minimum absolute atomic E-state index is 0.0365. The molecule has 0 aliphatic heterocycles. The first-order chi connectivity index (χ1) is 12.0. The average molecular weight is 334 g/mol. The van der Waals surface area contributed by atoms with Crippen molar-refractivity contribution in [2.75, 3.05) is 5.32 Å². The molecule has 0 spiro atoms. The molecule has 2 aromatic rings. The molecule has 1 aliphatic carbocycles. The number of amides is 2. The van der Waals surface area contributed by atoms with E-state index < -0.39 is 0 Å². The van der Waals surface area contributed by atoms with Crippen molar-refractivity contribution in [3.63, 3.8) is 0 Å². The lowest BCUT2D eigenvalue weighted by Gasteiger charge is -2.07. The summed E-state index contributed by atoms with van der Waals surface area (Å²) >= 11 is 0. The van der Waals surface area contributed by atoms with E-state index in [1.54, 1.807) is 18.2 Å². The normalized spacial score (nSPS) is 13.7. The molecular formula is C21H22N2O2. The van der Waals surface area contributed by atoms with E-state index in [4.69, 9.17) is 0 Å². The first kappa shape index (κ1) is 17.0. The standard InChI is InChI=1S/C21H22N2O2/c1-14-3-11-19(15(2)13-14)23-20(24)12-6-16-4-7-17(8-5-16)21(25)22-18-9-10-18/h3-8,11-13,18H,9-10H2,1-2H3,(H,22,25)(H,23,24)/b12-6+. The zero-order valence-electron chi connectivity index (χ0n) is 14.5. The summed E-state index contributed by atoms with van der Waals surface area (Å²) in [5, 5.41) is 5.83. The Bertz CT molecular complexity index is 818. The zero-order valence-corrected chi connectivity index (χ0v) is 14.5. The quantitative estimate of drug-likeness (QED) is 0.816. The lowest BCUT2D eigenvalue weighted by Crippen LogP contribution is -2.25. The molecular weight excluding hydrogens is 312 g/mol. The van der Waals surface area contributed by atoms with Crippen LogP contribution in [0.1, 0.15) is 39.9 Å². The molecule has 2 amide bonds.